The Hall–Kier alpha value is -1.09. The molecule has 0 aliphatic heterocycles. The molecule has 1 aromatic heterocycles. The van der Waals surface area contributed by atoms with Crippen LogP contribution in [0, 0.1) is 12.8 Å². The molecule has 0 saturated carbocycles. The number of aromatic nitrogens is 1. The van der Waals surface area contributed by atoms with Crippen molar-refractivity contribution < 1.29 is 0 Å². The second kappa shape index (κ2) is 6.48. The molecule has 0 atom stereocenters. The van der Waals surface area contributed by atoms with Gasteiger partial charge in [-0.1, -0.05) is 20.8 Å². The highest BCUT2D eigenvalue weighted by Gasteiger charge is 2.03. The molecular weight excluding hydrogens is 198 g/mol. The average Bonchev–Trinajstić information content (AvgIpc) is 2.25. The van der Waals surface area contributed by atoms with Gasteiger partial charge in [-0.25, -0.2) is 0 Å². The Morgan fingerprint density at radius 2 is 2.12 bits per heavy atom. The smallest absolute Gasteiger partial charge is 0.0419 e. The van der Waals surface area contributed by atoms with E-state index in [1.54, 1.807) is 0 Å². The molecule has 0 spiro atoms. The van der Waals surface area contributed by atoms with Crippen LogP contribution in [0.25, 0.3) is 0 Å². The first kappa shape index (κ1) is 13.0. The number of nitrogens with one attached hydrogen (secondary N) is 2. The van der Waals surface area contributed by atoms with Crippen molar-refractivity contribution in [2.75, 3.05) is 18.4 Å². The molecule has 0 saturated heterocycles. The third kappa shape index (κ3) is 4.19. The van der Waals surface area contributed by atoms with Crippen molar-refractivity contribution in [2.45, 2.75) is 34.2 Å². The van der Waals surface area contributed by atoms with Gasteiger partial charge < -0.3 is 10.6 Å². The van der Waals surface area contributed by atoms with E-state index in [1.165, 1.54) is 11.3 Å². The molecule has 90 valence electrons. The van der Waals surface area contributed by atoms with Crippen LogP contribution in [0.4, 0.5) is 5.69 Å². The summed E-state index contributed by atoms with van der Waals surface area (Å²) in [4.78, 5) is 4.34. The summed E-state index contributed by atoms with van der Waals surface area (Å²) in [6.07, 6.45) is 1.96. The molecule has 1 heterocycles. The van der Waals surface area contributed by atoms with E-state index in [9.17, 15) is 0 Å². The standard InChI is InChI=1S/C13H23N3/c1-5-14-8-12-9-15-11(4)6-13(12)16-7-10(2)3/h6,9-10,14H,5,7-8H2,1-4H3,(H,15,16). The number of rotatable bonds is 6. The third-order valence-electron chi connectivity index (χ3n) is 2.39. The van der Waals surface area contributed by atoms with Crippen molar-refractivity contribution in [3.63, 3.8) is 0 Å². The first-order valence-electron chi connectivity index (χ1n) is 6.03. The maximum absolute atomic E-state index is 4.34. The van der Waals surface area contributed by atoms with Gasteiger partial charge in [0.1, 0.15) is 0 Å². The van der Waals surface area contributed by atoms with Crippen molar-refractivity contribution in [3.8, 4) is 0 Å². The van der Waals surface area contributed by atoms with Crippen LogP contribution in [0.2, 0.25) is 0 Å². The number of anilines is 1. The summed E-state index contributed by atoms with van der Waals surface area (Å²) in [6.45, 7) is 11.4. The summed E-state index contributed by atoms with van der Waals surface area (Å²) in [5.74, 6) is 0.653. The number of nitrogens with zero attached hydrogens (tertiary/aromatic N) is 1. The normalized spacial score (nSPS) is 10.8. The monoisotopic (exact) mass is 221 g/mol. The maximum atomic E-state index is 4.34. The Morgan fingerprint density at radius 3 is 2.75 bits per heavy atom. The fraction of sp³-hybridized carbons (Fsp3) is 0.615. The van der Waals surface area contributed by atoms with Crippen LogP contribution in [-0.4, -0.2) is 18.1 Å². The number of pyridine rings is 1. The number of hydrogen-bond donors (Lipinski definition) is 2. The van der Waals surface area contributed by atoms with Crippen molar-refractivity contribution in [3.05, 3.63) is 23.5 Å². The van der Waals surface area contributed by atoms with Crippen LogP contribution < -0.4 is 10.6 Å². The zero-order valence-corrected chi connectivity index (χ0v) is 10.8. The van der Waals surface area contributed by atoms with E-state index in [0.29, 0.717) is 5.92 Å². The molecule has 0 aliphatic rings. The quantitative estimate of drug-likeness (QED) is 0.775. The fourth-order valence-corrected chi connectivity index (χ4v) is 1.47. The van der Waals surface area contributed by atoms with Crippen LogP contribution >= 0.6 is 0 Å². The van der Waals surface area contributed by atoms with E-state index < -0.39 is 0 Å². The predicted octanol–water partition coefficient (Wildman–Crippen LogP) is 2.57. The van der Waals surface area contributed by atoms with Gasteiger partial charge in [0.25, 0.3) is 0 Å². The Kier molecular flexibility index (Phi) is 5.26. The molecule has 2 N–H and O–H groups in total. The largest absolute Gasteiger partial charge is 0.384 e. The van der Waals surface area contributed by atoms with Gasteiger partial charge >= 0.3 is 0 Å². The molecule has 0 unspecified atom stereocenters. The zero-order chi connectivity index (χ0) is 12.0. The maximum Gasteiger partial charge on any atom is 0.0419 e. The molecule has 0 radical (unpaired) electrons. The van der Waals surface area contributed by atoms with Gasteiger partial charge in [0, 0.05) is 36.2 Å². The third-order valence-corrected chi connectivity index (χ3v) is 2.39. The SMILES string of the molecule is CCNCc1cnc(C)cc1NCC(C)C. The highest BCUT2D eigenvalue weighted by Crippen LogP contribution is 2.16. The summed E-state index contributed by atoms with van der Waals surface area (Å²) in [6, 6.07) is 2.12. The first-order chi connectivity index (χ1) is 7.63. The van der Waals surface area contributed by atoms with Gasteiger partial charge in [0.15, 0.2) is 0 Å². The lowest BCUT2D eigenvalue weighted by Gasteiger charge is -2.14. The van der Waals surface area contributed by atoms with E-state index in [4.69, 9.17) is 0 Å². The number of hydrogen-bond acceptors (Lipinski definition) is 3. The minimum atomic E-state index is 0.653. The van der Waals surface area contributed by atoms with Gasteiger partial charge in [-0.05, 0) is 25.5 Å². The second-order valence-corrected chi connectivity index (χ2v) is 4.54. The highest BCUT2D eigenvalue weighted by atomic mass is 14.9. The number of aryl methyl sites for hydroxylation is 1. The highest BCUT2D eigenvalue weighted by molar-refractivity contribution is 5.51. The van der Waals surface area contributed by atoms with E-state index in [2.05, 4.69) is 42.5 Å². The molecule has 0 fully saturated rings. The molecule has 1 aromatic rings. The zero-order valence-electron chi connectivity index (χ0n) is 10.8. The van der Waals surface area contributed by atoms with Crippen LogP contribution in [0.5, 0.6) is 0 Å². The average molecular weight is 221 g/mol. The van der Waals surface area contributed by atoms with Crippen LogP contribution in [0.15, 0.2) is 12.3 Å². The van der Waals surface area contributed by atoms with Crippen LogP contribution in [0.1, 0.15) is 32.0 Å². The summed E-state index contributed by atoms with van der Waals surface area (Å²) in [5.41, 5.74) is 3.52. The van der Waals surface area contributed by atoms with E-state index >= 15 is 0 Å². The summed E-state index contributed by atoms with van der Waals surface area (Å²) in [7, 11) is 0. The Labute approximate surface area is 98.7 Å². The second-order valence-electron chi connectivity index (χ2n) is 4.54. The lowest BCUT2D eigenvalue weighted by molar-refractivity contribution is 0.684. The first-order valence-corrected chi connectivity index (χ1v) is 6.03. The molecule has 3 heteroatoms. The Morgan fingerprint density at radius 1 is 1.38 bits per heavy atom. The lowest BCUT2D eigenvalue weighted by Crippen LogP contribution is -2.16. The van der Waals surface area contributed by atoms with E-state index in [0.717, 1.165) is 25.3 Å². The molecule has 3 nitrogen and oxygen atoms in total. The molecule has 16 heavy (non-hydrogen) atoms. The van der Waals surface area contributed by atoms with Gasteiger partial charge in [0.05, 0.1) is 0 Å². The van der Waals surface area contributed by atoms with E-state index in [-0.39, 0.29) is 0 Å². The summed E-state index contributed by atoms with van der Waals surface area (Å²) >= 11 is 0. The van der Waals surface area contributed by atoms with Gasteiger partial charge in [0.2, 0.25) is 0 Å². The Bertz CT molecular complexity index is 321. The van der Waals surface area contributed by atoms with E-state index in [1.807, 2.05) is 13.1 Å². The topological polar surface area (TPSA) is 37.0 Å². The predicted molar refractivity (Wildman–Crippen MR) is 69.7 cm³/mol. The molecule has 0 aromatic carbocycles. The van der Waals surface area contributed by atoms with Crippen molar-refractivity contribution in [1.29, 1.82) is 0 Å². The van der Waals surface area contributed by atoms with Crippen molar-refractivity contribution in [1.82, 2.24) is 10.3 Å². The van der Waals surface area contributed by atoms with Crippen LogP contribution in [0.3, 0.4) is 0 Å². The molecule has 1 rings (SSSR count). The molecular formula is C13H23N3. The lowest BCUT2D eigenvalue weighted by atomic mass is 10.1. The summed E-state index contributed by atoms with van der Waals surface area (Å²) < 4.78 is 0. The van der Waals surface area contributed by atoms with Gasteiger partial charge in [-0.15, -0.1) is 0 Å². The summed E-state index contributed by atoms with van der Waals surface area (Å²) in [5, 5.41) is 6.81. The van der Waals surface area contributed by atoms with Crippen molar-refractivity contribution in [2.24, 2.45) is 5.92 Å². The fourth-order valence-electron chi connectivity index (χ4n) is 1.47. The minimum absolute atomic E-state index is 0.653. The van der Waals surface area contributed by atoms with Crippen LogP contribution in [-0.2, 0) is 6.54 Å². The molecule has 0 bridgehead atoms. The molecule has 0 amide bonds. The van der Waals surface area contributed by atoms with Gasteiger partial charge in [-0.2, -0.15) is 0 Å². The minimum Gasteiger partial charge on any atom is -0.384 e. The van der Waals surface area contributed by atoms with Gasteiger partial charge in [-0.3, -0.25) is 4.98 Å². The van der Waals surface area contributed by atoms with Crippen molar-refractivity contribution >= 4 is 5.69 Å². The molecule has 0 aliphatic carbocycles. The Balaban J connectivity index is 2.72.